The molecule has 2 aromatic carbocycles. The van der Waals surface area contributed by atoms with Crippen molar-refractivity contribution < 1.29 is 33.3 Å². The maximum Gasteiger partial charge on any atom is 0.341 e. The van der Waals surface area contributed by atoms with Gasteiger partial charge in [-0.2, -0.15) is 0 Å². The zero-order chi connectivity index (χ0) is 28.4. The number of benzene rings is 2. The van der Waals surface area contributed by atoms with Crippen LogP contribution in [0.25, 0.3) is 5.69 Å². The van der Waals surface area contributed by atoms with Gasteiger partial charge in [-0.1, -0.05) is 24.3 Å². The molecule has 1 aliphatic rings. The van der Waals surface area contributed by atoms with Crippen molar-refractivity contribution in [2.45, 2.75) is 27.2 Å². The van der Waals surface area contributed by atoms with E-state index in [1.807, 2.05) is 73.9 Å². The lowest BCUT2D eigenvalue weighted by Crippen LogP contribution is -2.22. The first-order valence-corrected chi connectivity index (χ1v) is 13.4. The fraction of sp³-hybridized carbons (Fsp3) is 0.233. The second kappa shape index (κ2) is 11.3. The van der Waals surface area contributed by atoms with Crippen LogP contribution in [0.4, 0.5) is 5.00 Å². The smallest absolute Gasteiger partial charge is 0.341 e. The van der Waals surface area contributed by atoms with Crippen molar-refractivity contribution in [1.82, 2.24) is 4.57 Å². The number of anilines is 1. The summed E-state index contributed by atoms with van der Waals surface area (Å²) < 4.78 is 23.2. The van der Waals surface area contributed by atoms with E-state index in [1.54, 1.807) is 6.07 Å². The number of hydrogen-bond acceptors (Lipinski definition) is 8. The van der Waals surface area contributed by atoms with E-state index in [4.69, 9.17) is 18.9 Å². The number of para-hydroxylation sites is 1. The Balaban J connectivity index is 1.30. The SMILES string of the molecule is COC(=O)c1c(NC(=O)COC(=O)c2cc(C)n(-c3ccccc3)c2C)sc(C)c1Cc1ccc2c(c1)OCO2. The maximum atomic E-state index is 12.9. The average Bonchev–Trinajstić information content (AvgIpc) is 3.62. The summed E-state index contributed by atoms with van der Waals surface area (Å²) >= 11 is 1.26. The van der Waals surface area contributed by atoms with Gasteiger partial charge in [0.05, 0.1) is 18.2 Å². The molecule has 1 N–H and O–H groups in total. The quantitative estimate of drug-likeness (QED) is 0.289. The Labute approximate surface area is 235 Å². The summed E-state index contributed by atoms with van der Waals surface area (Å²) in [5.41, 5.74) is 4.80. The number of rotatable bonds is 8. The van der Waals surface area contributed by atoms with E-state index in [2.05, 4.69) is 5.32 Å². The first kappa shape index (κ1) is 27.0. The summed E-state index contributed by atoms with van der Waals surface area (Å²) in [7, 11) is 1.29. The van der Waals surface area contributed by atoms with Gasteiger partial charge in [0.15, 0.2) is 18.1 Å². The molecule has 0 fully saturated rings. The number of carbonyl (C=O) groups excluding carboxylic acids is 3. The largest absolute Gasteiger partial charge is 0.465 e. The van der Waals surface area contributed by atoms with Gasteiger partial charge in [-0.15, -0.1) is 11.3 Å². The van der Waals surface area contributed by atoms with E-state index < -0.39 is 24.5 Å². The number of nitrogens with one attached hydrogen (secondary N) is 1. The van der Waals surface area contributed by atoms with Gasteiger partial charge < -0.3 is 28.8 Å². The highest BCUT2D eigenvalue weighted by Gasteiger charge is 2.26. The number of aromatic nitrogens is 1. The summed E-state index contributed by atoms with van der Waals surface area (Å²) in [6, 6.07) is 17.0. The summed E-state index contributed by atoms with van der Waals surface area (Å²) in [5, 5.41) is 3.07. The molecule has 3 heterocycles. The summed E-state index contributed by atoms with van der Waals surface area (Å²) in [6.45, 7) is 5.26. The zero-order valence-corrected chi connectivity index (χ0v) is 23.3. The lowest BCUT2D eigenvalue weighted by atomic mass is 10.0. The molecule has 0 spiro atoms. The Morgan fingerprint density at radius 3 is 2.48 bits per heavy atom. The van der Waals surface area contributed by atoms with Crippen LogP contribution in [0.3, 0.4) is 0 Å². The van der Waals surface area contributed by atoms with Gasteiger partial charge in [0.2, 0.25) is 6.79 Å². The number of hydrogen-bond donors (Lipinski definition) is 1. The van der Waals surface area contributed by atoms with Crippen LogP contribution in [0.1, 0.15) is 48.1 Å². The van der Waals surface area contributed by atoms with Crippen LogP contribution in [0.2, 0.25) is 0 Å². The highest BCUT2D eigenvalue weighted by Crippen LogP contribution is 2.37. The number of aryl methyl sites for hydroxylation is 2. The highest BCUT2D eigenvalue weighted by molar-refractivity contribution is 7.16. The van der Waals surface area contributed by atoms with Crippen molar-refractivity contribution in [1.29, 1.82) is 0 Å². The molecule has 9 nitrogen and oxygen atoms in total. The zero-order valence-electron chi connectivity index (χ0n) is 22.5. The van der Waals surface area contributed by atoms with Crippen molar-refractivity contribution in [3.05, 3.63) is 93.1 Å². The lowest BCUT2D eigenvalue weighted by Gasteiger charge is -2.10. The van der Waals surface area contributed by atoms with Gasteiger partial charge in [0, 0.05) is 22.0 Å². The van der Waals surface area contributed by atoms with E-state index in [0.717, 1.165) is 27.4 Å². The molecular formula is C30H28N2O7S. The standard InChI is InChI=1S/C30H28N2O7S/c1-17-12-22(18(2)32(17)21-8-6-5-7-9-21)29(34)37-15-26(33)31-28-27(30(35)36-4)23(19(3)40-28)13-20-10-11-24-25(14-20)39-16-38-24/h5-12,14H,13,15-16H2,1-4H3,(H,31,33). The van der Waals surface area contributed by atoms with E-state index in [0.29, 0.717) is 34.2 Å². The van der Waals surface area contributed by atoms with Gasteiger partial charge in [-0.25, -0.2) is 9.59 Å². The second-order valence-corrected chi connectivity index (χ2v) is 10.5. The van der Waals surface area contributed by atoms with E-state index in [1.165, 1.54) is 18.4 Å². The molecule has 0 saturated carbocycles. The molecular weight excluding hydrogens is 532 g/mol. The van der Waals surface area contributed by atoms with Crippen molar-refractivity contribution in [3.63, 3.8) is 0 Å². The number of fused-ring (bicyclic) bond motifs is 1. The summed E-state index contributed by atoms with van der Waals surface area (Å²) in [4.78, 5) is 39.3. The Hall–Kier alpha value is -4.57. The third-order valence-electron chi connectivity index (χ3n) is 6.67. The molecule has 5 rings (SSSR count). The molecule has 206 valence electrons. The number of carbonyl (C=O) groups is 3. The Morgan fingerprint density at radius 1 is 0.975 bits per heavy atom. The minimum Gasteiger partial charge on any atom is -0.465 e. The average molecular weight is 561 g/mol. The fourth-order valence-electron chi connectivity index (χ4n) is 4.77. The van der Waals surface area contributed by atoms with Crippen LogP contribution in [0.5, 0.6) is 11.5 Å². The molecule has 1 amide bonds. The lowest BCUT2D eigenvalue weighted by molar-refractivity contribution is -0.119. The predicted molar refractivity (Wildman–Crippen MR) is 150 cm³/mol. The van der Waals surface area contributed by atoms with Crippen LogP contribution >= 0.6 is 11.3 Å². The van der Waals surface area contributed by atoms with Gasteiger partial charge in [-0.3, -0.25) is 4.79 Å². The summed E-state index contributed by atoms with van der Waals surface area (Å²) in [5.74, 6) is -0.426. The van der Waals surface area contributed by atoms with E-state index in [-0.39, 0.29) is 12.4 Å². The molecule has 4 aromatic rings. The second-order valence-electron chi connectivity index (χ2n) is 9.28. The van der Waals surface area contributed by atoms with Crippen LogP contribution in [-0.2, 0) is 20.7 Å². The highest BCUT2D eigenvalue weighted by atomic mass is 32.1. The van der Waals surface area contributed by atoms with Gasteiger partial charge in [0.1, 0.15) is 5.00 Å². The molecule has 0 saturated heterocycles. The van der Waals surface area contributed by atoms with Crippen LogP contribution < -0.4 is 14.8 Å². The number of nitrogens with zero attached hydrogens (tertiary/aromatic N) is 1. The first-order valence-electron chi connectivity index (χ1n) is 12.6. The normalized spacial score (nSPS) is 11.8. The number of thiophene rings is 1. The molecule has 0 bridgehead atoms. The Morgan fingerprint density at radius 2 is 1.73 bits per heavy atom. The molecule has 2 aromatic heterocycles. The number of esters is 2. The maximum absolute atomic E-state index is 12.9. The topological polar surface area (TPSA) is 105 Å². The van der Waals surface area contributed by atoms with Gasteiger partial charge >= 0.3 is 11.9 Å². The molecule has 1 aliphatic heterocycles. The Kier molecular flexibility index (Phi) is 7.61. The third kappa shape index (κ3) is 5.30. The third-order valence-corrected chi connectivity index (χ3v) is 7.73. The molecule has 40 heavy (non-hydrogen) atoms. The first-order chi connectivity index (χ1) is 19.3. The van der Waals surface area contributed by atoms with E-state index >= 15 is 0 Å². The van der Waals surface area contributed by atoms with Crippen LogP contribution in [0, 0.1) is 20.8 Å². The molecule has 10 heteroatoms. The van der Waals surface area contributed by atoms with Crippen molar-refractivity contribution >= 4 is 34.2 Å². The number of ether oxygens (including phenoxy) is 4. The predicted octanol–water partition coefficient (Wildman–Crippen LogP) is 5.37. The van der Waals surface area contributed by atoms with Crippen molar-refractivity contribution in [2.24, 2.45) is 0 Å². The van der Waals surface area contributed by atoms with Crippen molar-refractivity contribution in [3.8, 4) is 17.2 Å². The van der Waals surface area contributed by atoms with Crippen LogP contribution in [0.15, 0.2) is 54.6 Å². The number of amides is 1. The minimum atomic E-state index is -0.607. The van der Waals surface area contributed by atoms with Crippen molar-refractivity contribution in [2.75, 3.05) is 25.8 Å². The van der Waals surface area contributed by atoms with Gasteiger partial charge in [0.25, 0.3) is 5.91 Å². The van der Waals surface area contributed by atoms with Gasteiger partial charge in [-0.05, 0) is 68.7 Å². The minimum absolute atomic E-state index is 0.169. The van der Waals surface area contributed by atoms with Crippen LogP contribution in [-0.4, -0.2) is 42.9 Å². The molecule has 0 atom stereocenters. The van der Waals surface area contributed by atoms with E-state index in [9.17, 15) is 14.4 Å². The monoisotopic (exact) mass is 560 g/mol. The fourth-order valence-corrected chi connectivity index (χ4v) is 5.85. The molecule has 0 aliphatic carbocycles. The molecule has 0 unspecified atom stereocenters. The summed E-state index contributed by atoms with van der Waals surface area (Å²) in [6.07, 6.45) is 0.422. The number of methoxy groups -OCH3 is 1. The Bertz CT molecular complexity index is 1600. The molecule has 0 radical (unpaired) electrons.